The largest absolute Gasteiger partial charge is 0.379 e. The van der Waals surface area contributed by atoms with Gasteiger partial charge < -0.3 is 5.32 Å². The number of nitrogens with one attached hydrogen (secondary N) is 2. The Bertz CT molecular complexity index is 1110. The summed E-state index contributed by atoms with van der Waals surface area (Å²) in [6.07, 6.45) is 2.10. The fourth-order valence-electron chi connectivity index (χ4n) is 3.11. The van der Waals surface area contributed by atoms with E-state index in [1.54, 1.807) is 0 Å². The maximum Gasteiger partial charge on any atom is 0.274 e. The molecule has 136 valence electrons. The molecular weight excluding hydrogens is 338 g/mol. The van der Waals surface area contributed by atoms with E-state index in [-0.39, 0.29) is 5.56 Å². The van der Waals surface area contributed by atoms with Crippen LogP contribution in [0.3, 0.4) is 0 Å². The number of hydrogen-bond acceptors (Lipinski definition) is 4. The summed E-state index contributed by atoms with van der Waals surface area (Å²) in [7, 11) is 0. The molecule has 27 heavy (non-hydrogen) atoms. The molecule has 2 heterocycles. The topological polar surface area (TPSA) is 75.1 Å². The van der Waals surface area contributed by atoms with Crippen molar-refractivity contribution in [2.24, 2.45) is 0 Å². The number of fused-ring (bicyclic) bond motifs is 1. The van der Waals surface area contributed by atoms with Gasteiger partial charge in [0, 0.05) is 17.3 Å². The number of H-pyrrole nitrogens is 1. The zero-order valence-corrected chi connectivity index (χ0v) is 15.1. The maximum atomic E-state index is 12.4. The normalized spacial score (nSPS) is 11.0. The molecule has 0 aliphatic carbocycles. The van der Waals surface area contributed by atoms with Crippen LogP contribution in [0.4, 0.5) is 5.69 Å². The molecule has 2 aromatic heterocycles. The van der Waals surface area contributed by atoms with Crippen LogP contribution in [0.1, 0.15) is 24.6 Å². The van der Waals surface area contributed by atoms with Crippen molar-refractivity contribution in [1.82, 2.24) is 19.6 Å². The predicted molar refractivity (Wildman–Crippen MR) is 107 cm³/mol. The zero-order valence-electron chi connectivity index (χ0n) is 15.1. The van der Waals surface area contributed by atoms with E-state index in [1.165, 1.54) is 16.1 Å². The Balaban J connectivity index is 1.61. The highest BCUT2D eigenvalue weighted by Gasteiger charge is 2.10. The Kier molecular flexibility index (Phi) is 4.70. The second-order valence-corrected chi connectivity index (χ2v) is 6.42. The van der Waals surface area contributed by atoms with Gasteiger partial charge in [-0.25, -0.2) is 4.98 Å². The SMILES string of the molecule is CCCc1ccccc1NCc1cc(=O)n2[nH]c(-c3ccccc3)nc2n1. The third-order valence-corrected chi connectivity index (χ3v) is 4.43. The number of nitrogens with zero attached hydrogens (tertiary/aromatic N) is 3. The van der Waals surface area contributed by atoms with Gasteiger partial charge in [0.1, 0.15) is 0 Å². The van der Waals surface area contributed by atoms with Gasteiger partial charge in [0.25, 0.3) is 11.3 Å². The van der Waals surface area contributed by atoms with Crippen LogP contribution in [0.15, 0.2) is 65.5 Å². The van der Waals surface area contributed by atoms with Gasteiger partial charge in [-0.05, 0) is 18.1 Å². The first-order valence-corrected chi connectivity index (χ1v) is 9.10. The zero-order chi connectivity index (χ0) is 18.6. The summed E-state index contributed by atoms with van der Waals surface area (Å²) in [6.45, 7) is 2.63. The monoisotopic (exact) mass is 359 g/mol. The van der Waals surface area contributed by atoms with Crippen molar-refractivity contribution in [2.75, 3.05) is 5.32 Å². The molecule has 2 N–H and O–H groups in total. The van der Waals surface area contributed by atoms with Gasteiger partial charge >= 0.3 is 0 Å². The van der Waals surface area contributed by atoms with Gasteiger partial charge in [0.2, 0.25) is 0 Å². The average molecular weight is 359 g/mol. The molecule has 0 saturated heterocycles. The average Bonchev–Trinajstić information content (AvgIpc) is 3.13. The second-order valence-electron chi connectivity index (χ2n) is 6.42. The molecule has 0 amide bonds. The predicted octanol–water partition coefficient (Wildman–Crippen LogP) is 3.65. The molecule has 0 bridgehead atoms. The standard InChI is InChI=1S/C21H21N5O/c1-2-8-15-9-6-7-12-18(15)22-14-17-13-19(27)26-21(23-17)24-20(25-26)16-10-4-3-5-11-16/h3-7,9-13,22H,2,8,14H2,1H3,(H,23,24,25). The number of para-hydroxylation sites is 1. The van der Waals surface area contributed by atoms with Crippen LogP contribution in [0.25, 0.3) is 17.2 Å². The number of benzene rings is 2. The molecule has 4 aromatic rings. The molecule has 0 aliphatic heterocycles. The molecule has 0 radical (unpaired) electrons. The van der Waals surface area contributed by atoms with Crippen LogP contribution in [0.2, 0.25) is 0 Å². The Morgan fingerprint density at radius 2 is 1.81 bits per heavy atom. The number of aryl methyl sites for hydroxylation is 1. The van der Waals surface area contributed by atoms with Gasteiger partial charge in [-0.3, -0.25) is 9.89 Å². The molecule has 6 nitrogen and oxygen atoms in total. The van der Waals surface area contributed by atoms with Gasteiger partial charge in [-0.1, -0.05) is 61.9 Å². The van der Waals surface area contributed by atoms with E-state index in [0.29, 0.717) is 23.8 Å². The number of hydrogen-bond donors (Lipinski definition) is 2. The molecule has 6 heteroatoms. The summed E-state index contributed by atoms with van der Waals surface area (Å²) in [6, 6.07) is 19.5. The van der Waals surface area contributed by atoms with Gasteiger partial charge in [0.05, 0.1) is 12.2 Å². The van der Waals surface area contributed by atoms with Gasteiger partial charge in [0.15, 0.2) is 5.82 Å². The smallest absolute Gasteiger partial charge is 0.274 e. The van der Waals surface area contributed by atoms with Gasteiger partial charge in [-0.15, -0.1) is 0 Å². The molecule has 0 aliphatic rings. The summed E-state index contributed by atoms with van der Waals surface area (Å²) in [5.41, 5.74) is 3.75. The molecule has 4 rings (SSSR count). The summed E-state index contributed by atoms with van der Waals surface area (Å²) in [5, 5.41) is 6.41. The minimum atomic E-state index is -0.173. The van der Waals surface area contributed by atoms with Crippen molar-refractivity contribution in [3.05, 3.63) is 82.3 Å². The lowest BCUT2D eigenvalue weighted by molar-refractivity contribution is 0.876. The highest BCUT2D eigenvalue weighted by Crippen LogP contribution is 2.18. The maximum absolute atomic E-state index is 12.4. The summed E-state index contributed by atoms with van der Waals surface area (Å²) in [5.74, 6) is 0.999. The molecule has 2 aromatic carbocycles. The van der Waals surface area contributed by atoms with E-state index in [0.717, 1.165) is 24.1 Å². The van der Waals surface area contributed by atoms with E-state index in [1.807, 2.05) is 42.5 Å². The van der Waals surface area contributed by atoms with Crippen molar-refractivity contribution in [1.29, 1.82) is 0 Å². The highest BCUT2D eigenvalue weighted by molar-refractivity contribution is 5.56. The third-order valence-electron chi connectivity index (χ3n) is 4.43. The Labute approximate surface area is 156 Å². The number of aromatic nitrogens is 4. The molecule has 0 fully saturated rings. The minimum absolute atomic E-state index is 0.173. The second kappa shape index (κ2) is 7.45. The summed E-state index contributed by atoms with van der Waals surface area (Å²) >= 11 is 0. The Morgan fingerprint density at radius 3 is 2.63 bits per heavy atom. The van der Waals surface area contributed by atoms with Crippen molar-refractivity contribution in [3.8, 4) is 11.4 Å². The third kappa shape index (κ3) is 3.60. The molecule has 0 spiro atoms. The van der Waals surface area contributed by atoms with E-state index in [4.69, 9.17) is 0 Å². The number of anilines is 1. The lowest BCUT2D eigenvalue weighted by atomic mass is 10.1. The first-order chi connectivity index (χ1) is 13.2. The van der Waals surface area contributed by atoms with E-state index in [2.05, 4.69) is 39.4 Å². The summed E-state index contributed by atoms with van der Waals surface area (Å²) < 4.78 is 1.37. The van der Waals surface area contributed by atoms with E-state index in [9.17, 15) is 4.79 Å². The van der Waals surface area contributed by atoms with Crippen LogP contribution >= 0.6 is 0 Å². The first kappa shape index (κ1) is 17.0. The van der Waals surface area contributed by atoms with Crippen LogP contribution in [0.5, 0.6) is 0 Å². The minimum Gasteiger partial charge on any atom is -0.379 e. The van der Waals surface area contributed by atoms with Crippen LogP contribution in [0, 0.1) is 0 Å². The summed E-state index contributed by atoms with van der Waals surface area (Å²) in [4.78, 5) is 21.5. The first-order valence-electron chi connectivity index (χ1n) is 9.10. The van der Waals surface area contributed by atoms with Crippen LogP contribution < -0.4 is 10.9 Å². The highest BCUT2D eigenvalue weighted by atomic mass is 16.1. The van der Waals surface area contributed by atoms with Crippen LogP contribution in [-0.2, 0) is 13.0 Å². The molecule has 0 unspecified atom stereocenters. The fourth-order valence-corrected chi connectivity index (χ4v) is 3.11. The Morgan fingerprint density at radius 1 is 1.04 bits per heavy atom. The van der Waals surface area contributed by atoms with Crippen LogP contribution in [-0.4, -0.2) is 19.6 Å². The van der Waals surface area contributed by atoms with Crippen molar-refractivity contribution in [3.63, 3.8) is 0 Å². The lowest BCUT2D eigenvalue weighted by Crippen LogP contribution is -2.17. The fraction of sp³-hybridized carbons (Fsp3) is 0.190. The van der Waals surface area contributed by atoms with Crippen molar-refractivity contribution in [2.45, 2.75) is 26.3 Å². The number of rotatable bonds is 6. The lowest BCUT2D eigenvalue weighted by Gasteiger charge is -2.11. The van der Waals surface area contributed by atoms with Gasteiger partial charge in [-0.2, -0.15) is 9.50 Å². The number of aromatic amines is 1. The molecule has 0 saturated carbocycles. The Hall–Kier alpha value is -3.41. The van der Waals surface area contributed by atoms with E-state index < -0.39 is 0 Å². The van der Waals surface area contributed by atoms with Crippen molar-refractivity contribution >= 4 is 11.5 Å². The quantitative estimate of drug-likeness (QED) is 0.551. The van der Waals surface area contributed by atoms with Crippen molar-refractivity contribution < 1.29 is 0 Å². The van der Waals surface area contributed by atoms with E-state index >= 15 is 0 Å². The molecule has 0 atom stereocenters. The molecular formula is C21H21N5O.